The fraction of sp³-hybridized carbons (Fsp3) is 0.286. The van der Waals surface area contributed by atoms with E-state index in [1.807, 2.05) is 32.0 Å². The lowest BCUT2D eigenvalue weighted by Crippen LogP contribution is -2.28. The van der Waals surface area contributed by atoms with E-state index in [0.717, 1.165) is 16.8 Å². The first-order chi connectivity index (χ1) is 12.8. The SMILES string of the molecule is CC(=O)Nc1ccc(NC(=O)[C@H]2CC(=O)N(c3cc(C)ccc3C)C2)cc1. The molecule has 0 saturated carbocycles. The summed E-state index contributed by atoms with van der Waals surface area (Å²) in [6, 6.07) is 12.9. The molecule has 0 radical (unpaired) electrons. The lowest BCUT2D eigenvalue weighted by molar-refractivity contribution is -0.122. The van der Waals surface area contributed by atoms with Gasteiger partial charge in [0.25, 0.3) is 0 Å². The van der Waals surface area contributed by atoms with Crippen molar-refractivity contribution in [2.24, 2.45) is 5.92 Å². The van der Waals surface area contributed by atoms with Crippen LogP contribution in [0.3, 0.4) is 0 Å². The molecule has 1 aliphatic rings. The van der Waals surface area contributed by atoms with Crippen LogP contribution in [0, 0.1) is 19.8 Å². The van der Waals surface area contributed by atoms with Gasteiger partial charge in [-0.15, -0.1) is 0 Å². The Morgan fingerprint density at radius 2 is 1.63 bits per heavy atom. The predicted octanol–water partition coefficient (Wildman–Crippen LogP) is 3.25. The number of benzene rings is 2. The molecule has 3 amide bonds. The van der Waals surface area contributed by atoms with Crippen molar-refractivity contribution in [3.8, 4) is 0 Å². The van der Waals surface area contributed by atoms with E-state index < -0.39 is 5.92 Å². The number of rotatable bonds is 4. The molecule has 27 heavy (non-hydrogen) atoms. The van der Waals surface area contributed by atoms with Gasteiger partial charge in [-0.3, -0.25) is 14.4 Å². The summed E-state index contributed by atoms with van der Waals surface area (Å²) in [4.78, 5) is 37.8. The van der Waals surface area contributed by atoms with Crippen molar-refractivity contribution < 1.29 is 14.4 Å². The topological polar surface area (TPSA) is 78.5 Å². The molecule has 0 bridgehead atoms. The molecule has 0 aromatic heterocycles. The van der Waals surface area contributed by atoms with Gasteiger partial charge in [-0.05, 0) is 55.3 Å². The number of carbonyl (C=O) groups excluding carboxylic acids is 3. The van der Waals surface area contributed by atoms with Crippen molar-refractivity contribution in [3.05, 3.63) is 53.6 Å². The van der Waals surface area contributed by atoms with Gasteiger partial charge in [0.05, 0.1) is 5.92 Å². The first-order valence-corrected chi connectivity index (χ1v) is 8.89. The molecular formula is C21H23N3O3. The zero-order valence-corrected chi connectivity index (χ0v) is 15.7. The van der Waals surface area contributed by atoms with E-state index in [0.29, 0.717) is 17.9 Å². The molecule has 0 spiro atoms. The maximum atomic E-state index is 12.6. The van der Waals surface area contributed by atoms with Gasteiger partial charge < -0.3 is 15.5 Å². The Bertz CT molecular complexity index is 890. The second-order valence-electron chi connectivity index (χ2n) is 6.94. The molecule has 2 aromatic rings. The van der Waals surface area contributed by atoms with Crippen LogP contribution in [0.1, 0.15) is 24.5 Å². The first kappa shape index (κ1) is 18.6. The Morgan fingerprint density at radius 1 is 1.00 bits per heavy atom. The minimum atomic E-state index is -0.396. The molecule has 6 nitrogen and oxygen atoms in total. The second-order valence-corrected chi connectivity index (χ2v) is 6.94. The molecular weight excluding hydrogens is 342 g/mol. The molecule has 140 valence electrons. The summed E-state index contributed by atoms with van der Waals surface area (Å²) in [6.07, 6.45) is 0.198. The number of carbonyl (C=O) groups is 3. The fourth-order valence-corrected chi connectivity index (χ4v) is 3.21. The fourth-order valence-electron chi connectivity index (χ4n) is 3.21. The summed E-state index contributed by atoms with van der Waals surface area (Å²) in [6.45, 7) is 5.76. The van der Waals surface area contributed by atoms with E-state index in [1.165, 1.54) is 6.92 Å². The molecule has 1 atom stereocenters. The number of nitrogens with zero attached hydrogens (tertiary/aromatic N) is 1. The third kappa shape index (κ3) is 4.34. The normalized spacial score (nSPS) is 16.3. The van der Waals surface area contributed by atoms with Crippen molar-refractivity contribution in [2.75, 3.05) is 22.1 Å². The van der Waals surface area contributed by atoms with Crippen LogP contribution in [0.5, 0.6) is 0 Å². The Balaban J connectivity index is 1.67. The molecule has 1 saturated heterocycles. The second kappa shape index (κ2) is 7.61. The lowest BCUT2D eigenvalue weighted by Gasteiger charge is -2.19. The van der Waals surface area contributed by atoms with Crippen molar-refractivity contribution in [2.45, 2.75) is 27.2 Å². The zero-order valence-electron chi connectivity index (χ0n) is 15.7. The molecule has 1 fully saturated rings. The van der Waals surface area contributed by atoms with Gasteiger partial charge in [0.15, 0.2) is 0 Å². The highest BCUT2D eigenvalue weighted by atomic mass is 16.2. The number of aryl methyl sites for hydroxylation is 2. The molecule has 0 aliphatic carbocycles. The van der Waals surface area contributed by atoms with Gasteiger partial charge in [0.1, 0.15) is 0 Å². The van der Waals surface area contributed by atoms with E-state index in [4.69, 9.17) is 0 Å². The van der Waals surface area contributed by atoms with Crippen molar-refractivity contribution in [3.63, 3.8) is 0 Å². The van der Waals surface area contributed by atoms with Crippen LogP contribution in [-0.4, -0.2) is 24.3 Å². The van der Waals surface area contributed by atoms with Gasteiger partial charge in [-0.2, -0.15) is 0 Å². The van der Waals surface area contributed by atoms with Crippen LogP contribution in [-0.2, 0) is 14.4 Å². The van der Waals surface area contributed by atoms with Gasteiger partial charge in [0.2, 0.25) is 17.7 Å². The summed E-state index contributed by atoms with van der Waals surface area (Å²) in [5.74, 6) is -0.761. The summed E-state index contributed by atoms with van der Waals surface area (Å²) in [7, 11) is 0. The minimum Gasteiger partial charge on any atom is -0.326 e. The highest BCUT2D eigenvalue weighted by molar-refractivity contribution is 6.04. The van der Waals surface area contributed by atoms with Gasteiger partial charge in [-0.25, -0.2) is 0 Å². The van der Waals surface area contributed by atoms with Crippen LogP contribution in [0.2, 0.25) is 0 Å². The molecule has 3 rings (SSSR count). The molecule has 2 N–H and O–H groups in total. The Kier molecular flexibility index (Phi) is 5.26. The summed E-state index contributed by atoms with van der Waals surface area (Å²) in [5, 5.41) is 5.53. The standard InChI is InChI=1S/C21H23N3O3/c1-13-4-5-14(2)19(10-13)24-12-16(11-20(24)26)21(27)23-18-8-6-17(7-9-18)22-15(3)25/h4-10,16H,11-12H2,1-3H3,(H,22,25)(H,23,27)/t16-/m0/s1. The monoisotopic (exact) mass is 365 g/mol. The van der Waals surface area contributed by atoms with Crippen LogP contribution >= 0.6 is 0 Å². The number of hydrogen-bond acceptors (Lipinski definition) is 3. The summed E-state index contributed by atoms with van der Waals surface area (Å²) >= 11 is 0. The molecule has 1 aliphatic heterocycles. The van der Waals surface area contributed by atoms with Crippen molar-refractivity contribution >= 4 is 34.8 Å². The quantitative estimate of drug-likeness (QED) is 0.873. The average Bonchev–Trinajstić information content (AvgIpc) is 3.00. The Labute approximate surface area is 158 Å². The smallest absolute Gasteiger partial charge is 0.229 e. The number of amides is 3. The Hall–Kier alpha value is -3.15. The van der Waals surface area contributed by atoms with Gasteiger partial charge in [-0.1, -0.05) is 12.1 Å². The maximum absolute atomic E-state index is 12.6. The highest BCUT2D eigenvalue weighted by Gasteiger charge is 2.35. The van der Waals surface area contributed by atoms with Gasteiger partial charge >= 0.3 is 0 Å². The molecule has 1 heterocycles. The van der Waals surface area contributed by atoms with Crippen LogP contribution < -0.4 is 15.5 Å². The third-order valence-corrected chi connectivity index (χ3v) is 4.62. The molecule has 0 unspecified atom stereocenters. The zero-order chi connectivity index (χ0) is 19.6. The van der Waals surface area contributed by atoms with Crippen molar-refractivity contribution in [1.82, 2.24) is 0 Å². The lowest BCUT2D eigenvalue weighted by atomic mass is 10.1. The predicted molar refractivity (Wildman–Crippen MR) is 106 cm³/mol. The molecule has 6 heteroatoms. The number of anilines is 3. The number of nitrogens with one attached hydrogen (secondary N) is 2. The van der Waals surface area contributed by atoms with E-state index in [2.05, 4.69) is 10.6 Å². The van der Waals surface area contributed by atoms with Crippen LogP contribution in [0.25, 0.3) is 0 Å². The third-order valence-electron chi connectivity index (χ3n) is 4.62. The van der Waals surface area contributed by atoms with Crippen LogP contribution in [0.4, 0.5) is 17.1 Å². The van der Waals surface area contributed by atoms with E-state index in [-0.39, 0.29) is 24.1 Å². The maximum Gasteiger partial charge on any atom is 0.229 e. The van der Waals surface area contributed by atoms with E-state index >= 15 is 0 Å². The minimum absolute atomic E-state index is 0.0372. The Morgan fingerprint density at radius 3 is 2.26 bits per heavy atom. The van der Waals surface area contributed by atoms with E-state index in [9.17, 15) is 14.4 Å². The van der Waals surface area contributed by atoms with Crippen molar-refractivity contribution in [1.29, 1.82) is 0 Å². The summed E-state index contributed by atoms with van der Waals surface area (Å²) in [5.41, 5.74) is 4.26. The number of hydrogen-bond donors (Lipinski definition) is 2. The summed E-state index contributed by atoms with van der Waals surface area (Å²) < 4.78 is 0. The molecule has 2 aromatic carbocycles. The van der Waals surface area contributed by atoms with Gasteiger partial charge in [0, 0.05) is 37.0 Å². The first-order valence-electron chi connectivity index (χ1n) is 8.89. The largest absolute Gasteiger partial charge is 0.326 e. The van der Waals surface area contributed by atoms with Crippen LogP contribution in [0.15, 0.2) is 42.5 Å². The van der Waals surface area contributed by atoms with E-state index in [1.54, 1.807) is 29.2 Å². The average molecular weight is 365 g/mol. The highest BCUT2D eigenvalue weighted by Crippen LogP contribution is 2.29.